The highest BCUT2D eigenvalue weighted by Gasteiger charge is 2.46. The average Bonchev–Trinajstić information content (AvgIpc) is 2.61. The van der Waals surface area contributed by atoms with Gasteiger partial charge in [0.1, 0.15) is 5.60 Å². The van der Waals surface area contributed by atoms with Crippen molar-refractivity contribution < 1.29 is 14.6 Å². The molecule has 0 bridgehead atoms. The third-order valence-electron chi connectivity index (χ3n) is 5.20. The van der Waals surface area contributed by atoms with Gasteiger partial charge in [0, 0.05) is 11.5 Å². The Morgan fingerprint density at radius 1 is 0.964 bits per heavy atom. The molecule has 0 aromatic heterocycles. The van der Waals surface area contributed by atoms with E-state index in [1.807, 2.05) is 37.3 Å². The van der Waals surface area contributed by atoms with E-state index in [0.29, 0.717) is 5.92 Å². The molecule has 7 heteroatoms. The molecular formula is C21H26N2O5. The van der Waals surface area contributed by atoms with Gasteiger partial charge in [0.05, 0.1) is 15.9 Å². The maximum Gasteiger partial charge on any atom is 0.317 e. The van der Waals surface area contributed by atoms with Crippen LogP contribution in [0.5, 0.6) is 5.75 Å². The molecule has 1 atom stereocenters. The predicted molar refractivity (Wildman–Crippen MR) is 107 cm³/mol. The monoisotopic (exact) mass is 386 g/mol. The first-order valence-corrected chi connectivity index (χ1v) is 9.15. The van der Waals surface area contributed by atoms with Gasteiger partial charge in [-0.25, -0.2) is 0 Å². The van der Waals surface area contributed by atoms with Crippen molar-refractivity contribution in [2.45, 2.75) is 46.6 Å². The Balaban J connectivity index is 2.61. The average molecular weight is 386 g/mol. The van der Waals surface area contributed by atoms with Gasteiger partial charge in [-0.05, 0) is 30.9 Å². The number of benzene rings is 2. The van der Waals surface area contributed by atoms with Crippen molar-refractivity contribution in [2.75, 3.05) is 0 Å². The number of non-ortho nitro benzene ring substituents is 1. The third kappa shape index (κ3) is 4.30. The van der Waals surface area contributed by atoms with Gasteiger partial charge in [0.2, 0.25) is 0 Å². The summed E-state index contributed by atoms with van der Waals surface area (Å²) < 4.78 is 6.32. The Labute approximate surface area is 164 Å². The van der Waals surface area contributed by atoms with Crippen LogP contribution < -0.4 is 4.74 Å². The van der Waals surface area contributed by atoms with E-state index < -0.39 is 21.1 Å². The molecule has 2 aromatic rings. The van der Waals surface area contributed by atoms with E-state index in [0.717, 1.165) is 18.1 Å². The standard InChI is InChI=1S/C21H26N2O5/c1-15(2)14-20(3,4)21(5,16-9-7-6-8-10-16)28-19-12-11-17(22(24)25)13-18(19)23(26)27/h6-13,15H,14H2,1-5H3/t21-/m0/s1. The van der Waals surface area contributed by atoms with Crippen LogP contribution in [0.15, 0.2) is 48.5 Å². The Hall–Kier alpha value is -2.96. The molecule has 0 radical (unpaired) electrons. The molecule has 0 saturated heterocycles. The highest BCUT2D eigenvalue weighted by Crippen LogP contribution is 2.48. The molecule has 2 rings (SSSR count). The normalized spacial score (nSPS) is 13.8. The molecule has 0 aliphatic heterocycles. The summed E-state index contributed by atoms with van der Waals surface area (Å²) in [6, 6.07) is 13.0. The summed E-state index contributed by atoms with van der Waals surface area (Å²) in [5, 5.41) is 22.6. The zero-order valence-electron chi connectivity index (χ0n) is 16.8. The van der Waals surface area contributed by atoms with Crippen molar-refractivity contribution in [1.29, 1.82) is 0 Å². The van der Waals surface area contributed by atoms with E-state index in [4.69, 9.17) is 4.74 Å². The second kappa shape index (κ2) is 7.96. The third-order valence-corrected chi connectivity index (χ3v) is 5.20. The summed E-state index contributed by atoms with van der Waals surface area (Å²) in [5.74, 6) is 0.396. The van der Waals surface area contributed by atoms with Crippen molar-refractivity contribution >= 4 is 11.4 Å². The summed E-state index contributed by atoms with van der Waals surface area (Å²) >= 11 is 0. The molecule has 0 spiro atoms. The molecule has 0 fully saturated rings. The molecule has 0 saturated carbocycles. The Kier molecular flexibility index (Phi) is 6.07. The molecular weight excluding hydrogens is 360 g/mol. The van der Waals surface area contributed by atoms with Gasteiger partial charge in [-0.1, -0.05) is 58.0 Å². The molecule has 0 heterocycles. The number of nitro benzene ring substituents is 2. The van der Waals surface area contributed by atoms with Crippen LogP contribution >= 0.6 is 0 Å². The summed E-state index contributed by atoms with van der Waals surface area (Å²) in [6.45, 7) is 10.3. The first kappa shape index (κ1) is 21.3. The van der Waals surface area contributed by atoms with Crippen LogP contribution in [0.25, 0.3) is 0 Å². The van der Waals surface area contributed by atoms with E-state index in [2.05, 4.69) is 27.7 Å². The van der Waals surface area contributed by atoms with Gasteiger partial charge in [-0.15, -0.1) is 0 Å². The van der Waals surface area contributed by atoms with Gasteiger partial charge in [0.25, 0.3) is 5.69 Å². The molecule has 0 N–H and O–H groups in total. The van der Waals surface area contributed by atoms with Gasteiger partial charge >= 0.3 is 5.69 Å². The van der Waals surface area contributed by atoms with Crippen LogP contribution in [0.1, 0.15) is 46.6 Å². The highest BCUT2D eigenvalue weighted by atomic mass is 16.6. The molecule has 0 aliphatic rings. The second-order valence-corrected chi connectivity index (χ2v) is 8.15. The number of ether oxygens (including phenoxy) is 1. The maximum absolute atomic E-state index is 11.5. The van der Waals surface area contributed by atoms with Crippen LogP contribution in [-0.2, 0) is 5.60 Å². The van der Waals surface area contributed by atoms with Crippen molar-refractivity contribution in [3.63, 3.8) is 0 Å². The minimum atomic E-state index is -0.889. The van der Waals surface area contributed by atoms with Gasteiger partial charge in [-0.3, -0.25) is 20.2 Å². The van der Waals surface area contributed by atoms with Gasteiger partial charge < -0.3 is 4.74 Å². The molecule has 28 heavy (non-hydrogen) atoms. The Bertz CT molecular complexity index is 864. The summed E-state index contributed by atoms with van der Waals surface area (Å²) in [7, 11) is 0. The van der Waals surface area contributed by atoms with E-state index in [1.165, 1.54) is 12.1 Å². The zero-order chi connectivity index (χ0) is 21.1. The van der Waals surface area contributed by atoms with Crippen LogP contribution in [0.4, 0.5) is 11.4 Å². The smallest absolute Gasteiger partial charge is 0.317 e. The molecule has 0 amide bonds. The molecule has 2 aromatic carbocycles. The zero-order valence-corrected chi connectivity index (χ0v) is 16.8. The Morgan fingerprint density at radius 3 is 2.07 bits per heavy atom. The molecule has 150 valence electrons. The lowest BCUT2D eigenvalue weighted by atomic mass is 9.67. The minimum Gasteiger partial charge on any atom is -0.475 e. The van der Waals surface area contributed by atoms with Crippen molar-refractivity contribution in [3.8, 4) is 5.75 Å². The van der Waals surface area contributed by atoms with Crippen LogP contribution in [-0.4, -0.2) is 9.85 Å². The van der Waals surface area contributed by atoms with Crippen molar-refractivity contribution in [3.05, 3.63) is 74.3 Å². The molecule has 7 nitrogen and oxygen atoms in total. The van der Waals surface area contributed by atoms with Gasteiger partial charge in [-0.2, -0.15) is 0 Å². The van der Waals surface area contributed by atoms with E-state index in [1.54, 1.807) is 0 Å². The van der Waals surface area contributed by atoms with Crippen LogP contribution in [0, 0.1) is 31.6 Å². The van der Waals surface area contributed by atoms with Gasteiger partial charge in [0.15, 0.2) is 5.75 Å². The molecule has 0 unspecified atom stereocenters. The largest absolute Gasteiger partial charge is 0.475 e. The number of hydrogen-bond donors (Lipinski definition) is 0. The van der Waals surface area contributed by atoms with E-state index >= 15 is 0 Å². The van der Waals surface area contributed by atoms with Crippen LogP contribution in [0.2, 0.25) is 0 Å². The van der Waals surface area contributed by atoms with Crippen LogP contribution in [0.3, 0.4) is 0 Å². The first-order valence-electron chi connectivity index (χ1n) is 9.15. The van der Waals surface area contributed by atoms with E-state index in [9.17, 15) is 20.2 Å². The topological polar surface area (TPSA) is 95.5 Å². The number of rotatable bonds is 8. The first-order chi connectivity index (χ1) is 13.0. The summed E-state index contributed by atoms with van der Waals surface area (Å²) in [4.78, 5) is 21.3. The SMILES string of the molecule is CC(C)CC(C)(C)[C@@](C)(Oc1ccc([N+](=O)[O-])cc1[N+](=O)[O-])c1ccccc1. The number of hydrogen-bond acceptors (Lipinski definition) is 5. The fraction of sp³-hybridized carbons (Fsp3) is 0.429. The van der Waals surface area contributed by atoms with Crippen molar-refractivity contribution in [2.24, 2.45) is 11.3 Å². The molecule has 0 aliphatic carbocycles. The fourth-order valence-corrected chi connectivity index (χ4v) is 3.63. The number of nitro groups is 2. The minimum absolute atomic E-state index is 0.0128. The lowest BCUT2D eigenvalue weighted by Crippen LogP contribution is -2.45. The predicted octanol–water partition coefficient (Wildman–Crippen LogP) is 5.87. The maximum atomic E-state index is 11.5. The summed E-state index contributed by atoms with van der Waals surface area (Å²) in [6.07, 6.45) is 0.819. The fourth-order valence-electron chi connectivity index (χ4n) is 3.63. The van der Waals surface area contributed by atoms with Crippen molar-refractivity contribution in [1.82, 2.24) is 0 Å². The summed E-state index contributed by atoms with van der Waals surface area (Å²) in [5.41, 5.74) is -1.15. The lowest BCUT2D eigenvalue weighted by Gasteiger charge is -2.45. The lowest BCUT2D eigenvalue weighted by molar-refractivity contribution is -0.395. The Morgan fingerprint density at radius 2 is 1.57 bits per heavy atom. The quantitative estimate of drug-likeness (QED) is 0.417. The second-order valence-electron chi connectivity index (χ2n) is 8.15. The highest BCUT2D eigenvalue weighted by molar-refractivity contribution is 5.54. The van der Waals surface area contributed by atoms with E-state index in [-0.39, 0.29) is 16.9 Å². The number of nitrogens with zero attached hydrogens (tertiary/aromatic N) is 2.